The van der Waals surface area contributed by atoms with Gasteiger partial charge in [-0.3, -0.25) is 9.59 Å². The molecular weight excluding hydrogens is 386 g/mol. The Hall–Kier alpha value is -2.99. The summed E-state index contributed by atoms with van der Waals surface area (Å²) in [6.07, 6.45) is -0.208. The summed E-state index contributed by atoms with van der Waals surface area (Å²) >= 11 is 5.81. The molecule has 4 nitrogen and oxygen atoms in total. The first kappa shape index (κ1) is 19.8. The summed E-state index contributed by atoms with van der Waals surface area (Å²) in [6.45, 7) is 1.75. The molecule has 0 bridgehead atoms. The average molecular weight is 401 g/mol. The molecule has 3 rings (SSSR count). The van der Waals surface area contributed by atoms with E-state index < -0.39 is 23.0 Å². The number of hydrogen-bond donors (Lipinski definition) is 0. The molecule has 0 saturated carbocycles. The van der Waals surface area contributed by atoms with Gasteiger partial charge in [-0.05, 0) is 48.4 Å². The predicted octanol–water partition coefficient (Wildman–Crippen LogP) is 4.57. The zero-order valence-electron chi connectivity index (χ0n) is 14.9. The summed E-state index contributed by atoms with van der Waals surface area (Å²) in [5.74, 6) is -2.74. The van der Waals surface area contributed by atoms with E-state index in [-0.39, 0.29) is 23.9 Å². The van der Waals surface area contributed by atoms with Gasteiger partial charge in [0.2, 0.25) is 5.28 Å². The molecule has 1 heterocycles. The number of rotatable bonds is 6. The van der Waals surface area contributed by atoms with Crippen molar-refractivity contribution >= 4 is 23.2 Å². The molecule has 0 amide bonds. The van der Waals surface area contributed by atoms with Crippen molar-refractivity contribution in [3.8, 4) is 0 Å². The fourth-order valence-electron chi connectivity index (χ4n) is 2.84. The van der Waals surface area contributed by atoms with Crippen molar-refractivity contribution in [2.45, 2.75) is 19.8 Å². The van der Waals surface area contributed by atoms with Crippen LogP contribution in [0.3, 0.4) is 0 Å². The maximum absolute atomic E-state index is 13.8. The van der Waals surface area contributed by atoms with Crippen LogP contribution in [0.5, 0.6) is 0 Å². The highest BCUT2D eigenvalue weighted by molar-refractivity contribution is 6.28. The molecule has 2 aromatic carbocycles. The molecule has 0 N–H and O–H groups in total. The van der Waals surface area contributed by atoms with E-state index in [9.17, 15) is 18.4 Å². The van der Waals surface area contributed by atoms with Crippen LogP contribution >= 0.6 is 11.6 Å². The molecule has 142 valence electrons. The standard InChI is InChI=1S/C21H15ClF2N2O2/c1-12-8-15(26-21(22)25-12)11-18(27)14-5-2-4-13(9-14)10-19(28)20-16(23)6-3-7-17(20)24/h2-9H,10-11H2,1H3. The fraction of sp³-hybridized carbons (Fsp3) is 0.143. The molecule has 7 heteroatoms. The zero-order valence-corrected chi connectivity index (χ0v) is 15.6. The molecule has 0 aliphatic heterocycles. The van der Waals surface area contributed by atoms with Gasteiger partial charge < -0.3 is 0 Å². The second kappa shape index (κ2) is 8.35. The largest absolute Gasteiger partial charge is 0.294 e. The van der Waals surface area contributed by atoms with Crippen LogP contribution < -0.4 is 0 Å². The SMILES string of the molecule is Cc1cc(CC(=O)c2cccc(CC(=O)c3c(F)cccc3F)c2)nc(Cl)n1. The Morgan fingerprint density at radius 1 is 0.929 bits per heavy atom. The highest BCUT2D eigenvalue weighted by Crippen LogP contribution is 2.17. The number of hydrogen-bond acceptors (Lipinski definition) is 4. The lowest BCUT2D eigenvalue weighted by atomic mass is 9.98. The van der Waals surface area contributed by atoms with Crippen molar-refractivity contribution in [3.05, 3.63) is 93.5 Å². The van der Waals surface area contributed by atoms with Gasteiger partial charge in [-0.15, -0.1) is 0 Å². The molecule has 1 aromatic heterocycles. The average Bonchev–Trinajstić information content (AvgIpc) is 2.61. The summed E-state index contributed by atoms with van der Waals surface area (Å²) < 4.78 is 27.6. The van der Waals surface area contributed by atoms with Crippen LogP contribution in [0.15, 0.2) is 48.5 Å². The van der Waals surface area contributed by atoms with Gasteiger partial charge in [0.05, 0.1) is 17.7 Å². The summed E-state index contributed by atoms with van der Waals surface area (Å²) in [5.41, 5.74) is 1.40. The molecule has 28 heavy (non-hydrogen) atoms. The molecule has 0 unspecified atom stereocenters. The number of aryl methyl sites for hydroxylation is 1. The minimum atomic E-state index is -0.909. The van der Waals surface area contributed by atoms with Gasteiger partial charge in [-0.2, -0.15) is 0 Å². The van der Waals surface area contributed by atoms with Crippen molar-refractivity contribution in [2.24, 2.45) is 0 Å². The quantitative estimate of drug-likeness (QED) is 0.449. The van der Waals surface area contributed by atoms with E-state index in [1.54, 1.807) is 31.2 Å². The van der Waals surface area contributed by atoms with E-state index in [1.165, 1.54) is 12.1 Å². The molecule has 3 aromatic rings. The number of halogens is 3. The Kier molecular flexibility index (Phi) is 5.90. The number of aromatic nitrogens is 2. The van der Waals surface area contributed by atoms with Crippen molar-refractivity contribution in [2.75, 3.05) is 0 Å². The number of nitrogens with zero attached hydrogens (tertiary/aromatic N) is 2. The van der Waals surface area contributed by atoms with Gasteiger partial charge >= 0.3 is 0 Å². The number of benzene rings is 2. The monoisotopic (exact) mass is 400 g/mol. The van der Waals surface area contributed by atoms with E-state index in [2.05, 4.69) is 9.97 Å². The Balaban J connectivity index is 1.78. The molecule has 0 radical (unpaired) electrons. The van der Waals surface area contributed by atoms with E-state index >= 15 is 0 Å². The molecular formula is C21H15ClF2N2O2. The van der Waals surface area contributed by atoms with Crippen LogP contribution in [0.25, 0.3) is 0 Å². The Morgan fingerprint density at radius 3 is 2.29 bits per heavy atom. The topological polar surface area (TPSA) is 59.9 Å². The van der Waals surface area contributed by atoms with Crippen LogP contribution in [0.1, 0.15) is 37.7 Å². The highest BCUT2D eigenvalue weighted by Gasteiger charge is 2.18. The van der Waals surface area contributed by atoms with Gasteiger partial charge in [0.1, 0.15) is 11.6 Å². The Morgan fingerprint density at radius 2 is 1.61 bits per heavy atom. The van der Waals surface area contributed by atoms with E-state index in [1.807, 2.05) is 0 Å². The van der Waals surface area contributed by atoms with Crippen LogP contribution in [0.4, 0.5) is 8.78 Å². The third kappa shape index (κ3) is 4.64. The van der Waals surface area contributed by atoms with Crippen LogP contribution in [-0.4, -0.2) is 21.5 Å². The lowest BCUT2D eigenvalue weighted by Gasteiger charge is -2.07. The summed E-state index contributed by atoms with van der Waals surface area (Å²) in [7, 11) is 0. The van der Waals surface area contributed by atoms with E-state index in [0.29, 0.717) is 22.5 Å². The Bertz CT molecular complexity index is 1030. The van der Waals surface area contributed by atoms with Crippen molar-refractivity contribution in [1.82, 2.24) is 9.97 Å². The van der Waals surface area contributed by atoms with Gasteiger partial charge in [0.25, 0.3) is 0 Å². The van der Waals surface area contributed by atoms with Gasteiger partial charge in [0, 0.05) is 17.7 Å². The van der Waals surface area contributed by atoms with Crippen LogP contribution in [-0.2, 0) is 12.8 Å². The lowest BCUT2D eigenvalue weighted by molar-refractivity contribution is 0.0976. The number of carbonyl (C=O) groups excluding carboxylic acids is 2. The maximum atomic E-state index is 13.8. The highest BCUT2D eigenvalue weighted by atomic mass is 35.5. The Labute approximate surface area is 165 Å². The summed E-state index contributed by atoms with van der Waals surface area (Å²) in [6, 6.07) is 11.3. The maximum Gasteiger partial charge on any atom is 0.222 e. The van der Waals surface area contributed by atoms with Gasteiger partial charge in [-0.25, -0.2) is 18.7 Å². The third-order valence-corrected chi connectivity index (χ3v) is 4.25. The van der Waals surface area contributed by atoms with E-state index in [4.69, 9.17) is 11.6 Å². The number of ketones is 2. The van der Waals surface area contributed by atoms with Crippen LogP contribution in [0.2, 0.25) is 5.28 Å². The zero-order chi connectivity index (χ0) is 20.3. The fourth-order valence-corrected chi connectivity index (χ4v) is 3.09. The third-order valence-electron chi connectivity index (χ3n) is 4.08. The van der Waals surface area contributed by atoms with Crippen LogP contribution in [0, 0.1) is 18.6 Å². The first-order chi connectivity index (χ1) is 13.3. The molecule has 0 atom stereocenters. The smallest absolute Gasteiger partial charge is 0.222 e. The first-order valence-corrected chi connectivity index (χ1v) is 8.80. The van der Waals surface area contributed by atoms with Gasteiger partial charge in [0.15, 0.2) is 11.6 Å². The van der Waals surface area contributed by atoms with Crippen molar-refractivity contribution in [1.29, 1.82) is 0 Å². The lowest BCUT2D eigenvalue weighted by Crippen LogP contribution is -2.10. The van der Waals surface area contributed by atoms with Gasteiger partial charge in [-0.1, -0.05) is 24.3 Å². The van der Waals surface area contributed by atoms with Crippen molar-refractivity contribution in [3.63, 3.8) is 0 Å². The summed E-state index contributed by atoms with van der Waals surface area (Å²) in [5, 5.41) is 0.0639. The second-order valence-corrected chi connectivity index (χ2v) is 6.60. The predicted molar refractivity (Wildman–Crippen MR) is 101 cm³/mol. The first-order valence-electron chi connectivity index (χ1n) is 8.43. The molecule has 0 fully saturated rings. The minimum Gasteiger partial charge on any atom is -0.294 e. The molecule has 0 aliphatic carbocycles. The van der Waals surface area contributed by atoms with Crippen molar-refractivity contribution < 1.29 is 18.4 Å². The second-order valence-electron chi connectivity index (χ2n) is 6.27. The summed E-state index contributed by atoms with van der Waals surface area (Å²) in [4.78, 5) is 32.8. The molecule has 0 saturated heterocycles. The minimum absolute atomic E-state index is 0.0163. The van der Waals surface area contributed by atoms with E-state index in [0.717, 1.165) is 12.1 Å². The number of carbonyl (C=O) groups is 2. The molecule has 0 aliphatic rings. The normalized spacial score (nSPS) is 10.7. The number of Topliss-reactive ketones (excluding diaryl/α,β-unsaturated/α-hetero) is 2. The molecule has 0 spiro atoms.